The van der Waals surface area contributed by atoms with E-state index in [0.29, 0.717) is 0 Å². The average Bonchev–Trinajstić information content (AvgIpc) is 2.55. The van der Waals surface area contributed by atoms with Crippen LogP contribution in [0.1, 0.15) is 34.1 Å². The molecule has 0 bridgehead atoms. The smallest absolute Gasteiger partial charge is 0.119 e. The summed E-state index contributed by atoms with van der Waals surface area (Å²) in [5.41, 5.74) is 7.42. The van der Waals surface area contributed by atoms with Crippen LogP contribution >= 0.6 is 0 Å². The van der Waals surface area contributed by atoms with Crippen LogP contribution in [-0.4, -0.2) is 24.2 Å². The molecule has 1 atom stereocenters. The molecule has 1 aromatic rings. The lowest BCUT2D eigenvalue weighted by Gasteiger charge is -2.36. The monoisotopic (exact) mass is 248 g/mol. The summed E-state index contributed by atoms with van der Waals surface area (Å²) in [6.07, 6.45) is 1.27. The second-order valence-corrected chi connectivity index (χ2v) is 5.86. The van der Waals surface area contributed by atoms with Gasteiger partial charge in [-0.05, 0) is 58.4 Å². The van der Waals surface area contributed by atoms with E-state index in [1.807, 2.05) is 26.0 Å². The Morgan fingerprint density at radius 2 is 1.89 bits per heavy atom. The molecule has 3 nitrogen and oxygen atoms in total. The maximum Gasteiger partial charge on any atom is 0.119 e. The van der Waals surface area contributed by atoms with Crippen LogP contribution in [0.4, 0.5) is 5.69 Å². The van der Waals surface area contributed by atoms with Crippen molar-refractivity contribution in [1.29, 1.82) is 0 Å². The number of ether oxygens (including phenoxy) is 1. The molecular formula is C15H24N2O. The van der Waals surface area contributed by atoms with Gasteiger partial charge in [-0.15, -0.1) is 0 Å². The molecule has 1 heterocycles. The summed E-state index contributed by atoms with van der Waals surface area (Å²) in [6, 6.07) is 8.56. The van der Waals surface area contributed by atoms with Gasteiger partial charge in [-0.1, -0.05) is 0 Å². The number of hydrogen-bond acceptors (Lipinski definition) is 3. The summed E-state index contributed by atoms with van der Waals surface area (Å²) < 4.78 is 5.66. The Bertz CT molecular complexity index is 397. The van der Waals surface area contributed by atoms with E-state index in [1.165, 1.54) is 5.69 Å². The van der Waals surface area contributed by atoms with Crippen molar-refractivity contribution < 1.29 is 4.74 Å². The Balaban J connectivity index is 2.15. The SMILES string of the molecule is CC(C)Oc1ccc(N2CCC(N)C2(C)C)cc1. The van der Waals surface area contributed by atoms with Crippen LogP contribution in [-0.2, 0) is 0 Å². The highest BCUT2D eigenvalue weighted by Crippen LogP contribution is 2.33. The Morgan fingerprint density at radius 1 is 1.28 bits per heavy atom. The average molecular weight is 248 g/mol. The van der Waals surface area contributed by atoms with Gasteiger partial charge in [0.15, 0.2) is 0 Å². The van der Waals surface area contributed by atoms with Gasteiger partial charge in [-0.25, -0.2) is 0 Å². The third-order valence-corrected chi connectivity index (χ3v) is 3.79. The number of rotatable bonds is 3. The van der Waals surface area contributed by atoms with E-state index in [4.69, 9.17) is 10.5 Å². The predicted molar refractivity (Wildman–Crippen MR) is 76.2 cm³/mol. The van der Waals surface area contributed by atoms with Crippen molar-refractivity contribution >= 4 is 5.69 Å². The molecule has 1 unspecified atom stereocenters. The van der Waals surface area contributed by atoms with Gasteiger partial charge in [0.05, 0.1) is 6.10 Å². The number of anilines is 1. The summed E-state index contributed by atoms with van der Waals surface area (Å²) in [6.45, 7) is 9.53. The molecule has 2 N–H and O–H groups in total. The zero-order valence-electron chi connectivity index (χ0n) is 11.8. The van der Waals surface area contributed by atoms with E-state index in [0.717, 1.165) is 18.7 Å². The minimum Gasteiger partial charge on any atom is -0.491 e. The molecule has 1 saturated heterocycles. The number of hydrogen-bond donors (Lipinski definition) is 1. The maximum absolute atomic E-state index is 6.17. The Morgan fingerprint density at radius 3 is 2.33 bits per heavy atom. The van der Waals surface area contributed by atoms with Crippen LogP contribution in [0.2, 0.25) is 0 Å². The van der Waals surface area contributed by atoms with Crippen LogP contribution < -0.4 is 15.4 Å². The molecule has 1 fully saturated rings. The quantitative estimate of drug-likeness (QED) is 0.894. The van der Waals surface area contributed by atoms with E-state index in [1.54, 1.807) is 0 Å². The Labute approximate surface area is 110 Å². The highest BCUT2D eigenvalue weighted by Gasteiger charge is 2.38. The molecule has 100 valence electrons. The molecule has 18 heavy (non-hydrogen) atoms. The lowest BCUT2D eigenvalue weighted by molar-refractivity contribution is 0.242. The first kappa shape index (κ1) is 13.2. The van der Waals surface area contributed by atoms with Gasteiger partial charge in [-0.3, -0.25) is 0 Å². The second-order valence-electron chi connectivity index (χ2n) is 5.86. The van der Waals surface area contributed by atoms with Gasteiger partial charge in [0.1, 0.15) is 5.75 Å². The van der Waals surface area contributed by atoms with Crippen molar-refractivity contribution in [3.8, 4) is 5.75 Å². The van der Waals surface area contributed by atoms with E-state index in [9.17, 15) is 0 Å². The Kier molecular flexibility index (Phi) is 3.53. The maximum atomic E-state index is 6.17. The van der Waals surface area contributed by atoms with Gasteiger partial charge < -0.3 is 15.4 Å². The molecule has 2 rings (SSSR count). The van der Waals surface area contributed by atoms with E-state index < -0.39 is 0 Å². The highest BCUT2D eigenvalue weighted by atomic mass is 16.5. The number of nitrogens with zero attached hydrogens (tertiary/aromatic N) is 1. The van der Waals surface area contributed by atoms with Crippen molar-refractivity contribution in [3.63, 3.8) is 0 Å². The molecule has 0 saturated carbocycles. The normalized spacial score (nSPS) is 22.6. The number of nitrogens with two attached hydrogens (primary N) is 1. The van der Waals surface area contributed by atoms with E-state index in [-0.39, 0.29) is 17.7 Å². The zero-order valence-corrected chi connectivity index (χ0v) is 11.8. The van der Waals surface area contributed by atoms with Crippen molar-refractivity contribution in [2.45, 2.75) is 51.8 Å². The molecular weight excluding hydrogens is 224 g/mol. The zero-order chi connectivity index (χ0) is 13.3. The van der Waals surface area contributed by atoms with Crippen molar-refractivity contribution in [1.82, 2.24) is 0 Å². The lowest BCUT2D eigenvalue weighted by atomic mass is 9.96. The van der Waals surface area contributed by atoms with Crippen LogP contribution in [0.3, 0.4) is 0 Å². The summed E-state index contributed by atoms with van der Waals surface area (Å²) in [5.74, 6) is 0.926. The second kappa shape index (κ2) is 4.81. The van der Waals surface area contributed by atoms with Gasteiger partial charge >= 0.3 is 0 Å². The standard InChI is InChI=1S/C15H24N2O/c1-11(2)18-13-7-5-12(6-8-13)17-10-9-14(16)15(17,3)4/h5-8,11,14H,9-10,16H2,1-4H3. The molecule has 1 aliphatic heterocycles. The van der Waals surface area contributed by atoms with Crippen molar-refractivity contribution in [3.05, 3.63) is 24.3 Å². The molecule has 0 amide bonds. The molecule has 1 aliphatic rings. The summed E-state index contributed by atoms with van der Waals surface area (Å²) >= 11 is 0. The summed E-state index contributed by atoms with van der Waals surface area (Å²) in [5, 5.41) is 0. The summed E-state index contributed by atoms with van der Waals surface area (Å²) in [4.78, 5) is 2.39. The molecule has 0 aliphatic carbocycles. The Hall–Kier alpha value is -1.22. The van der Waals surface area contributed by atoms with Gasteiger partial charge in [0.2, 0.25) is 0 Å². The van der Waals surface area contributed by atoms with Crippen molar-refractivity contribution in [2.75, 3.05) is 11.4 Å². The van der Waals surface area contributed by atoms with Gasteiger partial charge in [0.25, 0.3) is 0 Å². The first-order chi connectivity index (χ1) is 8.41. The van der Waals surface area contributed by atoms with Crippen LogP contribution in [0, 0.1) is 0 Å². The first-order valence-electron chi connectivity index (χ1n) is 6.71. The molecule has 1 aromatic carbocycles. The van der Waals surface area contributed by atoms with E-state index in [2.05, 4.69) is 30.9 Å². The fraction of sp³-hybridized carbons (Fsp3) is 0.600. The third kappa shape index (κ3) is 2.46. The fourth-order valence-electron chi connectivity index (χ4n) is 2.55. The highest BCUT2D eigenvalue weighted by molar-refractivity contribution is 5.53. The first-order valence-corrected chi connectivity index (χ1v) is 6.71. The molecule has 3 heteroatoms. The van der Waals surface area contributed by atoms with Crippen LogP contribution in [0.15, 0.2) is 24.3 Å². The largest absolute Gasteiger partial charge is 0.491 e. The van der Waals surface area contributed by atoms with Gasteiger partial charge in [0, 0.05) is 23.8 Å². The minimum atomic E-state index is 0.0282. The van der Waals surface area contributed by atoms with E-state index >= 15 is 0 Å². The van der Waals surface area contributed by atoms with Crippen molar-refractivity contribution in [2.24, 2.45) is 5.73 Å². The number of benzene rings is 1. The minimum absolute atomic E-state index is 0.0282. The summed E-state index contributed by atoms with van der Waals surface area (Å²) in [7, 11) is 0. The molecule has 0 radical (unpaired) electrons. The fourth-order valence-corrected chi connectivity index (χ4v) is 2.55. The predicted octanol–water partition coefficient (Wildman–Crippen LogP) is 2.79. The molecule has 0 aromatic heterocycles. The third-order valence-electron chi connectivity index (χ3n) is 3.79. The van der Waals surface area contributed by atoms with Gasteiger partial charge in [-0.2, -0.15) is 0 Å². The lowest BCUT2D eigenvalue weighted by Crippen LogP contribution is -2.48. The topological polar surface area (TPSA) is 38.5 Å². The molecule has 0 spiro atoms. The van der Waals surface area contributed by atoms with Crippen LogP contribution in [0.5, 0.6) is 5.75 Å². The van der Waals surface area contributed by atoms with Crippen LogP contribution in [0.25, 0.3) is 0 Å².